The Morgan fingerprint density at radius 2 is 2.15 bits per heavy atom. The van der Waals surface area contributed by atoms with Gasteiger partial charge in [-0.3, -0.25) is 4.79 Å². The van der Waals surface area contributed by atoms with Crippen molar-refractivity contribution in [3.63, 3.8) is 0 Å². The topological polar surface area (TPSA) is 129 Å². The molecule has 1 aromatic carbocycles. The van der Waals surface area contributed by atoms with Crippen molar-refractivity contribution >= 4 is 22.0 Å². The number of nitrogens with zero attached hydrogens (tertiary/aromatic N) is 1. The van der Waals surface area contributed by atoms with E-state index in [0.717, 1.165) is 17.5 Å². The maximum atomic E-state index is 13.4. The number of unbranched alkanes of at least 4 members (excludes halogenated alkanes) is 1. The van der Waals surface area contributed by atoms with Crippen LogP contribution < -0.4 is 10.1 Å². The van der Waals surface area contributed by atoms with Crippen LogP contribution in [-0.4, -0.2) is 65.9 Å². The molecule has 3 fully saturated rings. The number of carbonyl (C=O) groups is 1. The largest absolute Gasteiger partial charge is 0.504 e. The molecule has 10 heteroatoms. The highest BCUT2D eigenvalue weighted by atomic mass is 32.2. The Hall–Kier alpha value is -2.82. The molecule has 210 valence electrons. The van der Waals surface area contributed by atoms with Gasteiger partial charge in [-0.25, -0.2) is 8.42 Å². The Morgan fingerprint density at radius 1 is 1.33 bits per heavy atom. The molecule has 6 rings (SSSR count). The number of aliphatic hydroxyl groups is 1. The standard InChI is InChI=1S/C29H36N2O7S/c1-3-4-13-39(35,36)31-18-27-14-20-6-7-22(37-2)25(33)24(20)28(17-27)15-21(9-11-29(28,34)26(27)31)30-23(32)8-5-19-10-12-38-16-19/h5-8,10,12,16,21,26,33-34H,3-4,9,11,13-15,17-18H2,1-2H3,(H,30,32)/b8-5+. The number of phenols is 1. The predicted molar refractivity (Wildman–Crippen MR) is 145 cm³/mol. The number of nitrogens with one attached hydrogen (secondary N) is 1. The maximum absolute atomic E-state index is 13.4. The molecule has 1 aliphatic heterocycles. The van der Waals surface area contributed by atoms with E-state index in [4.69, 9.17) is 9.15 Å². The van der Waals surface area contributed by atoms with E-state index in [9.17, 15) is 23.4 Å². The predicted octanol–water partition coefficient (Wildman–Crippen LogP) is 3.11. The summed E-state index contributed by atoms with van der Waals surface area (Å²) in [6, 6.07) is 4.60. The molecule has 1 aromatic heterocycles. The SMILES string of the molecule is CCCCS(=O)(=O)N1CC23Cc4ccc(OC)c(O)c4C4(CC(NC(=O)/C=C/c5ccoc5)CCC4(O)C12)C3. The summed E-state index contributed by atoms with van der Waals surface area (Å²) in [5, 5.41) is 27.1. The molecule has 0 radical (unpaired) electrons. The van der Waals surface area contributed by atoms with E-state index < -0.39 is 32.5 Å². The van der Waals surface area contributed by atoms with Crippen molar-refractivity contribution in [2.24, 2.45) is 5.41 Å². The van der Waals surface area contributed by atoms with Crippen LogP contribution in [0.3, 0.4) is 0 Å². The van der Waals surface area contributed by atoms with Crippen molar-refractivity contribution in [2.75, 3.05) is 19.4 Å². The van der Waals surface area contributed by atoms with E-state index in [1.54, 1.807) is 24.5 Å². The van der Waals surface area contributed by atoms with Crippen LogP contribution in [0.15, 0.2) is 41.2 Å². The van der Waals surface area contributed by atoms with Crippen LogP contribution in [-0.2, 0) is 26.7 Å². The first kappa shape index (κ1) is 26.4. The smallest absolute Gasteiger partial charge is 0.244 e. The van der Waals surface area contributed by atoms with E-state index in [-0.39, 0.29) is 23.5 Å². The van der Waals surface area contributed by atoms with Gasteiger partial charge in [0.05, 0.1) is 37.0 Å². The van der Waals surface area contributed by atoms with E-state index in [0.29, 0.717) is 56.4 Å². The van der Waals surface area contributed by atoms with Crippen LogP contribution in [0.5, 0.6) is 11.5 Å². The molecule has 2 saturated carbocycles. The maximum Gasteiger partial charge on any atom is 0.244 e. The molecule has 3 aliphatic carbocycles. The molecule has 4 aliphatic rings. The summed E-state index contributed by atoms with van der Waals surface area (Å²) in [7, 11) is -2.06. The molecule has 1 amide bonds. The third-order valence-corrected chi connectivity index (χ3v) is 11.5. The second-order valence-corrected chi connectivity index (χ2v) is 13.9. The van der Waals surface area contributed by atoms with Gasteiger partial charge in [0.15, 0.2) is 11.5 Å². The van der Waals surface area contributed by atoms with E-state index in [1.165, 1.54) is 23.8 Å². The van der Waals surface area contributed by atoms with Crippen LogP contribution in [0.25, 0.3) is 6.08 Å². The van der Waals surface area contributed by atoms with Gasteiger partial charge < -0.3 is 24.7 Å². The fourth-order valence-corrected chi connectivity index (χ4v) is 10.3. The number of amides is 1. The number of carbonyl (C=O) groups excluding carboxylic acids is 1. The molecule has 2 heterocycles. The van der Waals surface area contributed by atoms with Gasteiger partial charge in [0.25, 0.3) is 0 Å². The molecular formula is C29H36N2O7S. The van der Waals surface area contributed by atoms with Crippen LogP contribution in [0, 0.1) is 5.41 Å². The molecule has 5 unspecified atom stereocenters. The lowest BCUT2D eigenvalue weighted by molar-refractivity contribution is -0.129. The van der Waals surface area contributed by atoms with Gasteiger partial charge in [0, 0.05) is 40.6 Å². The number of hydrogen-bond acceptors (Lipinski definition) is 7. The summed E-state index contributed by atoms with van der Waals surface area (Å²) in [4.78, 5) is 12.8. The van der Waals surface area contributed by atoms with Gasteiger partial charge in [-0.2, -0.15) is 4.31 Å². The Balaban J connectivity index is 1.38. The lowest BCUT2D eigenvalue weighted by atomic mass is 9.57. The average molecular weight is 557 g/mol. The normalized spacial score (nSPS) is 33.2. The molecule has 2 aromatic rings. The van der Waals surface area contributed by atoms with Crippen molar-refractivity contribution in [3.05, 3.63) is 53.5 Å². The molecular weight excluding hydrogens is 520 g/mol. The minimum atomic E-state index is -3.55. The highest BCUT2D eigenvalue weighted by Gasteiger charge is 2.80. The monoisotopic (exact) mass is 556 g/mol. The number of furan rings is 1. The van der Waals surface area contributed by atoms with Crippen molar-refractivity contribution in [1.29, 1.82) is 0 Å². The minimum Gasteiger partial charge on any atom is -0.504 e. The fourth-order valence-electron chi connectivity index (χ4n) is 8.21. The highest BCUT2D eigenvalue weighted by Crippen LogP contribution is 2.73. The number of ether oxygens (including phenoxy) is 1. The van der Waals surface area contributed by atoms with E-state index >= 15 is 0 Å². The van der Waals surface area contributed by atoms with Crippen LogP contribution in [0.2, 0.25) is 0 Å². The van der Waals surface area contributed by atoms with Crippen LogP contribution in [0.4, 0.5) is 0 Å². The molecule has 2 bridgehead atoms. The quantitative estimate of drug-likeness (QED) is 0.426. The fraction of sp³-hybridized carbons (Fsp3) is 0.552. The molecule has 5 atom stereocenters. The third-order valence-electron chi connectivity index (χ3n) is 9.64. The zero-order chi connectivity index (χ0) is 27.6. The number of hydrogen-bond donors (Lipinski definition) is 3. The minimum absolute atomic E-state index is 0.00297. The number of methoxy groups -OCH3 is 1. The highest BCUT2D eigenvalue weighted by molar-refractivity contribution is 7.89. The van der Waals surface area contributed by atoms with Crippen molar-refractivity contribution in [1.82, 2.24) is 9.62 Å². The van der Waals surface area contributed by atoms with E-state index in [2.05, 4.69) is 5.32 Å². The molecule has 1 saturated heterocycles. The van der Waals surface area contributed by atoms with Gasteiger partial charge in [0.1, 0.15) is 0 Å². The number of benzene rings is 1. The molecule has 2 spiro atoms. The number of aromatic hydroxyl groups is 1. The molecule has 9 nitrogen and oxygen atoms in total. The summed E-state index contributed by atoms with van der Waals surface area (Å²) >= 11 is 0. The summed E-state index contributed by atoms with van der Waals surface area (Å²) in [5.41, 5.74) is -0.390. The lowest BCUT2D eigenvalue weighted by Crippen LogP contribution is -2.72. The Kier molecular flexibility index (Phi) is 6.17. The van der Waals surface area contributed by atoms with E-state index in [1.807, 2.05) is 13.0 Å². The number of sulfonamides is 1. The van der Waals surface area contributed by atoms with Gasteiger partial charge in [-0.1, -0.05) is 19.4 Å². The first-order valence-electron chi connectivity index (χ1n) is 13.7. The average Bonchev–Trinajstić information content (AvgIpc) is 3.44. The summed E-state index contributed by atoms with van der Waals surface area (Å²) in [6.45, 7) is 2.33. The third kappa shape index (κ3) is 3.78. The lowest BCUT2D eigenvalue weighted by Gasteiger charge is -2.57. The second-order valence-electron chi connectivity index (χ2n) is 11.8. The van der Waals surface area contributed by atoms with Gasteiger partial charge in [-0.05, 0) is 62.3 Å². The zero-order valence-electron chi connectivity index (χ0n) is 22.4. The first-order chi connectivity index (χ1) is 18.6. The van der Waals surface area contributed by atoms with Gasteiger partial charge in [-0.15, -0.1) is 0 Å². The number of rotatable bonds is 8. The second kappa shape index (κ2) is 9.11. The number of phenolic OH excluding ortho intramolecular Hbond substituents is 1. The first-order valence-corrected chi connectivity index (χ1v) is 15.3. The number of fused-ring (bicyclic) bond motifs is 2. The van der Waals surface area contributed by atoms with Crippen LogP contribution in [0.1, 0.15) is 62.1 Å². The Bertz CT molecular complexity index is 1420. The van der Waals surface area contributed by atoms with Gasteiger partial charge >= 0.3 is 0 Å². The zero-order valence-corrected chi connectivity index (χ0v) is 23.2. The Morgan fingerprint density at radius 3 is 2.87 bits per heavy atom. The Labute approximate surface area is 228 Å². The van der Waals surface area contributed by atoms with Gasteiger partial charge in [0.2, 0.25) is 15.9 Å². The van der Waals surface area contributed by atoms with Crippen molar-refractivity contribution < 1.29 is 32.6 Å². The molecule has 3 N–H and O–H groups in total. The summed E-state index contributed by atoms with van der Waals surface area (Å²) in [6.07, 6.45) is 9.89. The molecule has 39 heavy (non-hydrogen) atoms. The summed E-state index contributed by atoms with van der Waals surface area (Å²) < 4.78 is 38.9. The van der Waals surface area contributed by atoms with Crippen molar-refractivity contribution in [2.45, 2.75) is 75.0 Å². The summed E-state index contributed by atoms with van der Waals surface area (Å²) in [5.74, 6) is 0.125. The van der Waals surface area contributed by atoms with Crippen LogP contribution >= 0.6 is 0 Å². The van der Waals surface area contributed by atoms with Crippen molar-refractivity contribution in [3.8, 4) is 11.5 Å².